The number of fused-ring (bicyclic) bond motifs is 1. The summed E-state index contributed by atoms with van der Waals surface area (Å²) in [7, 11) is 0. The van der Waals surface area contributed by atoms with Gasteiger partial charge in [0.1, 0.15) is 5.78 Å². The van der Waals surface area contributed by atoms with Crippen molar-refractivity contribution < 1.29 is 9.53 Å². The molecule has 0 bridgehead atoms. The van der Waals surface area contributed by atoms with E-state index in [-0.39, 0.29) is 5.92 Å². The van der Waals surface area contributed by atoms with Gasteiger partial charge in [0.15, 0.2) is 0 Å². The van der Waals surface area contributed by atoms with Gasteiger partial charge in [0.25, 0.3) is 0 Å². The van der Waals surface area contributed by atoms with Gasteiger partial charge in [0.2, 0.25) is 0 Å². The molecule has 2 nitrogen and oxygen atoms in total. The van der Waals surface area contributed by atoms with Crippen LogP contribution in [0.1, 0.15) is 19.3 Å². The molecule has 1 aliphatic carbocycles. The van der Waals surface area contributed by atoms with Crippen molar-refractivity contribution in [1.29, 1.82) is 0 Å². The van der Waals surface area contributed by atoms with Gasteiger partial charge in [-0.05, 0) is 18.8 Å². The van der Waals surface area contributed by atoms with Gasteiger partial charge in [0.05, 0.1) is 13.2 Å². The predicted molar refractivity (Wildman–Crippen MR) is 36.7 cm³/mol. The first-order valence-electron chi connectivity index (χ1n) is 3.98. The third-order valence-corrected chi connectivity index (χ3v) is 2.61. The smallest absolute Gasteiger partial charge is 0.138 e. The van der Waals surface area contributed by atoms with Crippen LogP contribution in [-0.2, 0) is 9.53 Å². The molecule has 1 heterocycles. The van der Waals surface area contributed by atoms with Gasteiger partial charge in [-0.15, -0.1) is 0 Å². The average molecular weight is 140 g/mol. The number of hydrogen-bond acceptors (Lipinski definition) is 2. The lowest BCUT2D eigenvalue weighted by molar-refractivity contribution is -0.125. The van der Waals surface area contributed by atoms with E-state index in [1.165, 1.54) is 6.42 Å². The van der Waals surface area contributed by atoms with E-state index in [1.807, 2.05) is 0 Å². The molecule has 2 rings (SSSR count). The maximum Gasteiger partial charge on any atom is 0.138 e. The highest BCUT2D eigenvalue weighted by Crippen LogP contribution is 2.31. The predicted octanol–water partition coefficient (Wildman–Crippen LogP) is 1.00. The Morgan fingerprint density at radius 2 is 2.30 bits per heavy atom. The number of carbonyl (C=O) groups is 1. The number of hydrogen-bond donors (Lipinski definition) is 0. The molecule has 2 atom stereocenters. The summed E-state index contributed by atoms with van der Waals surface area (Å²) < 4.78 is 5.24. The van der Waals surface area contributed by atoms with E-state index in [0.717, 1.165) is 19.4 Å². The van der Waals surface area contributed by atoms with Gasteiger partial charge >= 0.3 is 0 Å². The molecule has 10 heavy (non-hydrogen) atoms. The topological polar surface area (TPSA) is 26.3 Å². The first kappa shape index (κ1) is 6.35. The second kappa shape index (κ2) is 2.35. The van der Waals surface area contributed by atoms with Gasteiger partial charge in [-0.25, -0.2) is 0 Å². The lowest BCUT2D eigenvalue weighted by Crippen LogP contribution is -2.26. The van der Waals surface area contributed by atoms with E-state index in [4.69, 9.17) is 4.74 Å². The number of ketones is 1. The van der Waals surface area contributed by atoms with Crippen molar-refractivity contribution in [2.45, 2.75) is 19.3 Å². The summed E-state index contributed by atoms with van der Waals surface area (Å²) in [4.78, 5) is 11.2. The molecule has 1 aliphatic heterocycles. The number of rotatable bonds is 0. The second-order valence-corrected chi connectivity index (χ2v) is 3.26. The summed E-state index contributed by atoms with van der Waals surface area (Å²) in [5.74, 6) is 1.28. The summed E-state index contributed by atoms with van der Waals surface area (Å²) in [5, 5.41) is 0. The standard InChI is InChI=1S/C8H12O2/c9-8-3-1-2-6-4-10-5-7(6)8/h6-7H,1-5H2/t6?,7-/m1/s1. The molecule has 0 amide bonds. The number of Topliss-reactive ketones (excluding diaryl/α,β-unsaturated/α-hetero) is 1. The van der Waals surface area contributed by atoms with E-state index >= 15 is 0 Å². The molecule has 1 saturated carbocycles. The molecule has 2 heteroatoms. The third kappa shape index (κ3) is 0.870. The van der Waals surface area contributed by atoms with Gasteiger partial charge < -0.3 is 4.74 Å². The lowest BCUT2D eigenvalue weighted by atomic mass is 9.81. The highest BCUT2D eigenvalue weighted by Gasteiger charge is 2.35. The molecule has 0 radical (unpaired) electrons. The molecule has 2 fully saturated rings. The van der Waals surface area contributed by atoms with Crippen LogP contribution in [0.3, 0.4) is 0 Å². The molecule has 0 aromatic heterocycles. The van der Waals surface area contributed by atoms with Crippen LogP contribution >= 0.6 is 0 Å². The normalized spacial score (nSPS) is 39.8. The Kier molecular flexibility index (Phi) is 1.49. The molecule has 0 spiro atoms. The Balaban J connectivity index is 2.10. The molecule has 1 saturated heterocycles. The summed E-state index contributed by atoms with van der Waals surface area (Å²) in [6.45, 7) is 1.53. The summed E-state index contributed by atoms with van der Waals surface area (Å²) in [5.41, 5.74) is 0. The van der Waals surface area contributed by atoms with E-state index in [9.17, 15) is 4.79 Å². The lowest BCUT2D eigenvalue weighted by Gasteiger charge is -2.20. The monoisotopic (exact) mass is 140 g/mol. The van der Waals surface area contributed by atoms with Gasteiger partial charge in [-0.1, -0.05) is 0 Å². The van der Waals surface area contributed by atoms with E-state index in [2.05, 4.69) is 0 Å². The minimum Gasteiger partial charge on any atom is -0.380 e. The largest absolute Gasteiger partial charge is 0.380 e. The van der Waals surface area contributed by atoms with E-state index in [0.29, 0.717) is 18.3 Å². The molecule has 2 aliphatic rings. The fraction of sp³-hybridized carbons (Fsp3) is 0.875. The van der Waals surface area contributed by atoms with Crippen molar-refractivity contribution in [3.8, 4) is 0 Å². The summed E-state index contributed by atoms with van der Waals surface area (Å²) in [6, 6.07) is 0. The highest BCUT2D eigenvalue weighted by molar-refractivity contribution is 5.82. The fourth-order valence-corrected chi connectivity index (χ4v) is 1.96. The molecule has 56 valence electrons. The molecule has 1 unspecified atom stereocenters. The SMILES string of the molecule is O=C1CCCC2COC[C@@H]12. The Hall–Kier alpha value is -0.370. The Morgan fingerprint density at radius 1 is 1.40 bits per heavy atom. The van der Waals surface area contributed by atoms with Gasteiger partial charge in [0, 0.05) is 12.3 Å². The summed E-state index contributed by atoms with van der Waals surface area (Å²) >= 11 is 0. The van der Waals surface area contributed by atoms with E-state index < -0.39 is 0 Å². The van der Waals surface area contributed by atoms with Crippen molar-refractivity contribution in [2.24, 2.45) is 11.8 Å². The number of ether oxygens (including phenoxy) is 1. The second-order valence-electron chi connectivity index (χ2n) is 3.26. The Labute approximate surface area is 60.6 Å². The van der Waals surface area contributed by atoms with Crippen LogP contribution in [0.4, 0.5) is 0 Å². The quantitative estimate of drug-likeness (QED) is 0.501. The first-order valence-corrected chi connectivity index (χ1v) is 3.98. The highest BCUT2D eigenvalue weighted by atomic mass is 16.5. The molecular formula is C8H12O2. The van der Waals surface area contributed by atoms with Crippen LogP contribution in [0.5, 0.6) is 0 Å². The van der Waals surface area contributed by atoms with Crippen LogP contribution in [0, 0.1) is 11.8 Å². The van der Waals surface area contributed by atoms with Crippen molar-refractivity contribution in [1.82, 2.24) is 0 Å². The van der Waals surface area contributed by atoms with Crippen LogP contribution < -0.4 is 0 Å². The maximum atomic E-state index is 11.2. The average Bonchev–Trinajstić information content (AvgIpc) is 2.36. The van der Waals surface area contributed by atoms with Crippen LogP contribution in [0.15, 0.2) is 0 Å². The van der Waals surface area contributed by atoms with Crippen LogP contribution in [0.2, 0.25) is 0 Å². The van der Waals surface area contributed by atoms with E-state index in [1.54, 1.807) is 0 Å². The molecular weight excluding hydrogens is 128 g/mol. The van der Waals surface area contributed by atoms with Crippen LogP contribution in [-0.4, -0.2) is 19.0 Å². The van der Waals surface area contributed by atoms with Crippen molar-refractivity contribution in [3.05, 3.63) is 0 Å². The minimum atomic E-state index is 0.272. The Morgan fingerprint density at radius 3 is 3.10 bits per heavy atom. The third-order valence-electron chi connectivity index (χ3n) is 2.61. The molecule has 0 aromatic rings. The van der Waals surface area contributed by atoms with Crippen molar-refractivity contribution in [2.75, 3.05) is 13.2 Å². The first-order chi connectivity index (χ1) is 4.88. The van der Waals surface area contributed by atoms with Gasteiger partial charge in [-0.2, -0.15) is 0 Å². The van der Waals surface area contributed by atoms with Crippen LogP contribution in [0.25, 0.3) is 0 Å². The molecule has 0 aromatic carbocycles. The van der Waals surface area contributed by atoms with Crippen molar-refractivity contribution >= 4 is 5.78 Å². The minimum absolute atomic E-state index is 0.272. The fourth-order valence-electron chi connectivity index (χ4n) is 1.96. The zero-order valence-electron chi connectivity index (χ0n) is 6.01. The zero-order valence-corrected chi connectivity index (χ0v) is 6.01. The number of carbonyl (C=O) groups excluding carboxylic acids is 1. The molecule has 0 N–H and O–H groups in total. The maximum absolute atomic E-state index is 11.2. The summed E-state index contributed by atoms with van der Waals surface area (Å²) in [6.07, 6.45) is 3.09. The Bertz CT molecular complexity index is 153. The zero-order chi connectivity index (χ0) is 6.97. The van der Waals surface area contributed by atoms with Crippen molar-refractivity contribution in [3.63, 3.8) is 0 Å². The van der Waals surface area contributed by atoms with Gasteiger partial charge in [-0.3, -0.25) is 4.79 Å².